The maximum atomic E-state index is 12.8. The zero-order valence-corrected chi connectivity index (χ0v) is 13.6. The molecule has 0 bridgehead atoms. The van der Waals surface area contributed by atoms with Crippen LogP contribution >= 0.6 is 0 Å². The number of rotatable bonds is 4. The molecule has 114 valence electrons. The molecule has 1 spiro atoms. The number of benzene rings is 1. The first-order chi connectivity index (χ1) is 9.97. The highest BCUT2D eigenvalue weighted by Crippen LogP contribution is 2.46. The summed E-state index contributed by atoms with van der Waals surface area (Å²) in [4.78, 5) is 14.9. The second kappa shape index (κ2) is 5.13. The Morgan fingerprint density at radius 1 is 1.38 bits per heavy atom. The molecule has 1 aliphatic heterocycles. The number of carbonyl (C=O) groups excluding carboxylic acids is 1. The van der Waals surface area contributed by atoms with Gasteiger partial charge in [0.05, 0.1) is 0 Å². The molecule has 2 fully saturated rings. The highest BCUT2D eigenvalue weighted by atomic mass is 16.2. The van der Waals surface area contributed by atoms with Crippen molar-refractivity contribution >= 4 is 5.91 Å². The molecule has 21 heavy (non-hydrogen) atoms. The molecule has 2 aliphatic rings. The molecule has 1 saturated carbocycles. The van der Waals surface area contributed by atoms with Crippen molar-refractivity contribution in [2.24, 2.45) is 5.92 Å². The quantitative estimate of drug-likeness (QED) is 0.921. The van der Waals surface area contributed by atoms with E-state index in [4.69, 9.17) is 0 Å². The lowest BCUT2D eigenvalue weighted by atomic mass is 10.0. The first-order valence-corrected chi connectivity index (χ1v) is 8.13. The third-order valence-electron chi connectivity index (χ3n) is 5.08. The first kappa shape index (κ1) is 14.6. The highest BCUT2D eigenvalue weighted by molar-refractivity contribution is 5.92. The molecule has 1 heterocycles. The highest BCUT2D eigenvalue weighted by Gasteiger charge is 2.59. The number of aryl methyl sites for hydroxylation is 2. The number of nitrogens with zero attached hydrogens (tertiary/aromatic N) is 1. The van der Waals surface area contributed by atoms with Gasteiger partial charge in [0.15, 0.2) is 0 Å². The molecule has 1 aliphatic carbocycles. The van der Waals surface area contributed by atoms with E-state index in [1.807, 2.05) is 0 Å². The summed E-state index contributed by atoms with van der Waals surface area (Å²) in [5.41, 5.74) is 3.53. The lowest BCUT2D eigenvalue weighted by molar-refractivity contribution is -0.131. The Bertz CT molecular complexity index is 562. The largest absolute Gasteiger partial charge is 0.321 e. The summed E-state index contributed by atoms with van der Waals surface area (Å²) in [7, 11) is 0. The van der Waals surface area contributed by atoms with Crippen LogP contribution in [0.1, 0.15) is 56.0 Å². The molecule has 1 aromatic rings. The van der Waals surface area contributed by atoms with Gasteiger partial charge in [0.25, 0.3) is 0 Å². The lowest BCUT2D eigenvalue weighted by Crippen LogP contribution is -2.35. The summed E-state index contributed by atoms with van der Waals surface area (Å²) in [6.07, 6.45) is 3.14. The van der Waals surface area contributed by atoms with Gasteiger partial charge in [-0.05, 0) is 43.7 Å². The zero-order chi connectivity index (χ0) is 15.2. The van der Waals surface area contributed by atoms with Crippen LogP contribution < -0.4 is 5.32 Å². The standard InChI is InChI=1S/C18H26N2O/c1-5-12(2)11-20-16(19-18(8-9-18)17(20)21)15-10-13(3)6-7-14(15)4/h6-7,10,12,16,19H,5,8-9,11H2,1-4H3. The molecule has 3 rings (SSSR count). The number of carbonyl (C=O) groups is 1. The van der Waals surface area contributed by atoms with Crippen LogP contribution in [0.5, 0.6) is 0 Å². The van der Waals surface area contributed by atoms with Crippen LogP contribution in [0.15, 0.2) is 18.2 Å². The fraction of sp³-hybridized carbons (Fsp3) is 0.611. The molecule has 1 saturated heterocycles. The van der Waals surface area contributed by atoms with Crippen molar-refractivity contribution in [3.8, 4) is 0 Å². The summed E-state index contributed by atoms with van der Waals surface area (Å²) >= 11 is 0. The van der Waals surface area contributed by atoms with E-state index >= 15 is 0 Å². The second-order valence-corrected chi connectivity index (χ2v) is 6.96. The topological polar surface area (TPSA) is 32.3 Å². The molecule has 0 radical (unpaired) electrons. The van der Waals surface area contributed by atoms with Gasteiger partial charge >= 0.3 is 0 Å². The van der Waals surface area contributed by atoms with E-state index in [0.717, 1.165) is 25.8 Å². The van der Waals surface area contributed by atoms with Crippen molar-refractivity contribution in [2.45, 2.75) is 58.7 Å². The Hall–Kier alpha value is -1.35. The van der Waals surface area contributed by atoms with Crippen LogP contribution in [-0.4, -0.2) is 22.9 Å². The predicted molar refractivity (Wildman–Crippen MR) is 84.9 cm³/mol. The smallest absolute Gasteiger partial charge is 0.244 e. The van der Waals surface area contributed by atoms with Crippen molar-refractivity contribution in [1.82, 2.24) is 10.2 Å². The molecule has 1 amide bonds. The fourth-order valence-corrected chi connectivity index (χ4v) is 3.23. The van der Waals surface area contributed by atoms with E-state index in [9.17, 15) is 4.79 Å². The number of hydrogen-bond acceptors (Lipinski definition) is 2. The van der Waals surface area contributed by atoms with Crippen LogP contribution in [-0.2, 0) is 4.79 Å². The normalized spacial score (nSPS) is 24.7. The number of nitrogens with one attached hydrogen (secondary N) is 1. The van der Waals surface area contributed by atoms with Crippen molar-refractivity contribution in [3.05, 3.63) is 34.9 Å². The average molecular weight is 286 g/mol. The van der Waals surface area contributed by atoms with Gasteiger partial charge in [0, 0.05) is 6.54 Å². The van der Waals surface area contributed by atoms with E-state index in [1.165, 1.54) is 16.7 Å². The summed E-state index contributed by atoms with van der Waals surface area (Å²) in [5.74, 6) is 0.853. The predicted octanol–water partition coefficient (Wildman–Crippen LogP) is 3.31. The molecule has 3 nitrogen and oxygen atoms in total. The Morgan fingerprint density at radius 3 is 2.71 bits per heavy atom. The third-order valence-corrected chi connectivity index (χ3v) is 5.08. The van der Waals surface area contributed by atoms with Crippen LogP contribution in [0.4, 0.5) is 0 Å². The summed E-state index contributed by atoms with van der Waals surface area (Å²) in [6, 6.07) is 6.53. The van der Waals surface area contributed by atoms with Crippen molar-refractivity contribution in [1.29, 1.82) is 0 Å². The lowest BCUT2D eigenvalue weighted by Gasteiger charge is -2.28. The molecular weight excluding hydrogens is 260 g/mol. The molecule has 1 N–H and O–H groups in total. The molecule has 3 heteroatoms. The van der Waals surface area contributed by atoms with Gasteiger partial charge < -0.3 is 4.90 Å². The van der Waals surface area contributed by atoms with Crippen LogP contribution in [0.2, 0.25) is 0 Å². The minimum absolute atomic E-state index is 0.0499. The Morgan fingerprint density at radius 2 is 2.10 bits per heavy atom. The van der Waals surface area contributed by atoms with Gasteiger partial charge in [0.1, 0.15) is 11.7 Å². The van der Waals surface area contributed by atoms with Gasteiger partial charge in [-0.2, -0.15) is 0 Å². The third kappa shape index (κ3) is 2.48. The molecule has 1 aromatic carbocycles. The minimum atomic E-state index is -0.242. The van der Waals surface area contributed by atoms with Gasteiger partial charge in [0.2, 0.25) is 5.91 Å². The van der Waals surface area contributed by atoms with Crippen LogP contribution in [0.25, 0.3) is 0 Å². The van der Waals surface area contributed by atoms with E-state index in [1.54, 1.807) is 0 Å². The van der Waals surface area contributed by atoms with Crippen molar-refractivity contribution in [2.75, 3.05) is 6.54 Å². The molecule has 2 unspecified atom stereocenters. The maximum Gasteiger partial charge on any atom is 0.244 e. The number of hydrogen-bond donors (Lipinski definition) is 1. The Labute approximate surface area is 127 Å². The number of amides is 1. The minimum Gasteiger partial charge on any atom is -0.321 e. The van der Waals surface area contributed by atoms with E-state index in [0.29, 0.717) is 11.8 Å². The SMILES string of the molecule is CCC(C)CN1C(=O)C2(CC2)NC1c1cc(C)ccc1C. The van der Waals surface area contributed by atoms with Gasteiger partial charge in [-0.3, -0.25) is 10.1 Å². The van der Waals surface area contributed by atoms with Crippen molar-refractivity contribution in [3.63, 3.8) is 0 Å². The Kier molecular flexibility index (Phi) is 3.56. The summed E-state index contributed by atoms with van der Waals surface area (Å²) in [5, 5.41) is 3.63. The molecule has 2 atom stereocenters. The van der Waals surface area contributed by atoms with Gasteiger partial charge in [-0.1, -0.05) is 44.0 Å². The summed E-state index contributed by atoms with van der Waals surface area (Å²) in [6.45, 7) is 9.53. The monoisotopic (exact) mass is 286 g/mol. The first-order valence-electron chi connectivity index (χ1n) is 8.13. The van der Waals surface area contributed by atoms with Crippen molar-refractivity contribution < 1.29 is 4.79 Å². The van der Waals surface area contributed by atoms with Crippen LogP contribution in [0, 0.1) is 19.8 Å². The fourth-order valence-electron chi connectivity index (χ4n) is 3.23. The molecule has 0 aromatic heterocycles. The maximum absolute atomic E-state index is 12.8. The van der Waals surface area contributed by atoms with E-state index in [2.05, 4.69) is 56.1 Å². The van der Waals surface area contributed by atoms with Crippen LogP contribution in [0.3, 0.4) is 0 Å². The van der Waals surface area contributed by atoms with Gasteiger partial charge in [-0.15, -0.1) is 0 Å². The average Bonchev–Trinajstić information content (AvgIpc) is 3.20. The second-order valence-electron chi connectivity index (χ2n) is 6.96. The van der Waals surface area contributed by atoms with E-state index < -0.39 is 0 Å². The van der Waals surface area contributed by atoms with E-state index in [-0.39, 0.29) is 11.7 Å². The molecular formula is C18H26N2O. The van der Waals surface area contributed by atoms with Gasteiger partial charge in [-0.25, -0.2) is 0 Å². The zero-order valence-electron chi connectivity index (χ0n) is 13.6. The Balaban J connectivity index is 1.94. The summed E-state index contributed by atoms with van der Waals surface area (Å²) < 4.78 is 0.